The van der Waals surface area contributed by atoms with Crippen LogP contribution in [0.3, 0.4) is 0 Å². The fraction of sp³-hybridized carbons (Fsp3) is 0.300. The van der Waals surface area contributed by atoms with Gasteiger partial charge in [-0.3, -0.25) is 0 Å². The van der Waals surface area contributed by atoms with Crippen LogP contribution in [0.4, 0.5) is 10.1 Å². The van der Waals surface area contributed by atoms with Crippen molar-refractivity contribution in [2.45, 2.75) is 20.1 Å². The van der Waals surface area contributed by atoms with Gasteiger partial charge in [0.25, 0.3) is 0 Å². The van der Waals surface area contributed by atoms with Crippen molar-refractivity contribution in [3.05, 3.63) is 65.5 Å². The minimum atomic E-state index is -0.331. The highest BCUT2D eigenvalue weighted by molar-refractivity contribution is 5.45. The number of nitrogens with one attached hydrogen (secondary N) is 1. The van der Waals surface area contributed by atoms with Crippen LogP contribution in [0.15, 0.2) is 48.5 Å². The minimum absolute atomic E-state index is 0.246. The zero-order chi connectivity index (χ0) is 17.2. The number of ether oxygens (including phenoxy) is 2. The summed E-state index contributed by atoms with van der Waals surface area (Å²) in [6.07, 6.45) is -0.331. The first-order valence-corrected chi connectivity index (χ1v) is 8.04. The van der Waals surface area contributed by atoms with Crippen molar-refractivity contribution in [3.63, 3.8) is 0 Å². The van der Waals surface area contributed by atoms with Crippen LogP contribution in [0.5, 0.6) is 0 Å². The lowest BCUT2D eigenvalue weighted by Crippen LogP contribution is -2.08. The summed E-state index contributed by atoms with van der Waals surface area (Å²) in [6.45, 7) is 5.58. The molecule has 2 aromatic carbocycles. The first-order chi connectivity index (χ1) is 11.7. The highest BCUT2D eigenvalue weighted by atomic mass is 19.1. The fourth-order valence-electron chi connectivity index (χ4n) is 2.13. The molecular weight excluding hydrogens is 305 g/mol. The summed E-state index contributed by atoms with van der Waals surface area (Å²) in [5.41, 5.74) is 2.75. The lowest BCUT2D eigenvalue weighted by molar-refractivity contribution is -0.140. The molecule has 4 heteroatoms. The molecule has 0 fully saturated rings. The number of hydrogen-bond acceptors (Lipinski definition) is 3. The predicted octanol–water partition coefficient (Wildman–Crippen LogP) is 4.36. The Labute approximate surface area is 142 Å². The predicted molar refractivity (Wildman–Crippen MR) is 94.2 cm³/mol. The van der Waals surface area contributed by atoms with Gasteiger partial charge in [0, 0.05) is 30.0 Å². The highest BCUT2D eigenvalue weighted by Gasteiger charge is 2.10. The topological polar surface area (TPSA) is 30.5 Å². The molecule has 0 aliphatic carbocycles. The van der Waals surface area contributed by atoms with Crippen molar-refractivity contribution in [2.24, 2.45) is 0 Å². The minimum Gasteiger partial charge on any atom is -0.374 e. The maximum absolute atomic E-state index is 12.8. The molecule has 0 aliphatic rings. The SMILES string of the molecule is CCOC(OCC)c1ccc(C#CCNc2ccc(F)cc2)cc1. The number of halogens is 1. The van der Waals surface area contributed by atoms with Crippen molar-refractivity contribution >= 4 is 5.69 Å². The van der Waals surface area contributed by atoms with Gasteiger partial charge < -0.3 is 14.8 Å². The maximum Gasteiger partial charge on any atom is 0.183 e. The molecule has 1 N–H and O–H groups in total. The van der Waals surface area contributed by atoms with Crippen LogP contribution >= 0.6 is 0 Å². The first kappa shape index (κ1) is 18.0. The van der Waals surface area contributed by atoms with Gasteiger partial charge in [-0.15, -0.1) is 0 Å². The molecule has 0 atom stereocenters. The Kier molecular flexibility index (Phi) is 7.28. The molecule has 0 spiro atoms. The summed E-state index contributed by atoms with van der Waals surface area (Å²) in [4.78, 5) is 0. The normalized spacial score (nSPS) is 10.3. The van der Waals surface area contributed by atoms with Crippen molar-refractivity contribution in [2.75, 3.05) is 25.1 Å². The van der Waals surface area contributed by atoms with Gasteiger partial charge in [0.05, 0.1) is 6.54 Å². The molecule has 3 nitrogen and oxygen atoms in total. The zero-order valence-corrected chi connectivity index (χ0v) is 14.0. The third-order valence-electron chi connectivity index (χ3n) is 3.28. The second kappa shape index (κ2) is 9.71. The Bertz CT molecular complexity index is 666. The molecular formula is C20H22FNO2. The Morgan fingerprint density at radius 1 is 0.958 bits per heavy atom. The van der Waals surface area contributed by atoms with Gasteiger partial charge in [-0.2, -0.15) is 0 Å². The highest BCUT2D eigenvalue weighted by Crippen LogP contribution is 2.19. The first-order valence-electron chi connectivity index (χ1n) is 8.04. The van der Waals surface area contributed by atoms with Gasteiger partial charge in [-0.25, -0.2) is 4.39 Å². The lowest BCUT2D eigenvalue weighted by Gasteiger charge is -2.17. The average molecular weight is 327 g/mol. The molecule has 0 saturated heterocycles. The Morgan fingerprint density at radius 2 is 1.58 bits per heavy atom. The smallest absolute Gasteiger partial charge is 0.183 e. The quantitative estimate of drug-likeness (QED) is 0.605. The fourth-order valence-corrected chi connectivity index (χ4v) is 2.13. The molecule has 0 aliphatic heterocycles. The molecule has 0 heterocycles. The van der Waals surface area contributed by atoms with Gasteiger partial charge >= 0.3 is 0 Å². The molecule has 0 aromatic heterocycles. The summed E-state index contributed by atoms with van der Waals surface area (Å²) in [5.74, 6) is 5.89. The molecule has 0 bridgehead atoms. The van der Waals surface area contributed by atoms with E-state index < -0.39 is 0 Å². The van der Waals surface area contributed by atoms with E-state index in [1.54, 1.807) is 12.1 Å². The number of anilines is 1. The van der Waals surface area contributed by atoms with E-state index in [1.165, 1.54) is 12.1 Å². The van der Waals surface area contributed by atoms with E-state index in [0.717, 1.165) is 16.8 Å². The number of benzene rings is 2. The van der Waals surface area contributed by atoms with Gasteiger partial charge in [-0.1, -0.05) is 24.0 Å². The third kappa shape index (κ3) is 5.69. The molecule has 0 amide bonds. The van der Waals surface area contributed by atoms with Crippen LogP contribution in [0.1, 0.15) is 31.3 Å². The van der Waals surface area contributed by atoms with Crippen LogP contribution < -0.4 is 5.32 Å². The third-order valence-corrected chi connectivity index (χ3v) is 3.28. The van der Waals surface area contributed by atoms with Crippen molar-refractivity contribution in [1.29, 1.82) is 0 Å². The van der Waals surface area contributed by atoms with Crippen LogP contribution in [0.25, 0.3) is 0 Å². The summed E-state index contributed by atoms with van der Waals surface area (Å²) >= 11 is 0. The van der Waals surface area contributed by atoms with E-state index in [1.807, 2.05) is 38.1 Å². The Hall–Kier alpha value is -2.35. The second-order valence-electron chi connectivity index (χ2n) is 5.03. The Morgan fingerprint density at radius 3 is 2.17 bits per heavy atom. The van der Waals surface area contributed by atoms with Gasteiger partial charge in [0.2, 0.25) is 0 Å². The van der Waals surface area contributed by atoms with Crippen LogP contribution in [0, 0.1) is 17.7 Å². The lowest BCUT2D eigenvalue weighted by atomic mass is 10.1. The van der Waals surface area contributed by atoms with Crippen LogP contribution in [-0.4, -0.2) is 19.8 Å². The maximum atomic E-state index is 12.8. The summed E-state index contributed by atoms with van der Waals surface area (Å²) in [7, 11) is 0. The summed E-state index contributed by atoms with van der Waals surface area (Å²) in [6, 6.07) is 14.0. The molecule has 0 saturated carbocycles. The standard InChI is InChI=1S/C20H22FNO2/c1-3-23-20(24-4-2)17-9-7-16(8-10-17)6-5-15-22-19-13-11-18(21)12-14-19/h7-14,20,22H,3-4,15H2,1-2H3. The van der Waals surface area contributed by atoms with Crippen LogP contribution in [0.2, 0.25) is 0 Å². The zero-order valence-electron chi connectivity index (χ0n) is 14.0. The molecule has 24 heavy (non-hydrogen) atoms. The second-order valence-corrected chi connectivity index (χ2v) is 5.03. The van der Waals surface area contributed by atoms with Crippen molar-refractivity contribution in [1.82, 2.24) is 0 Å². The van der Waals surface area contributed by atoms with Gasteiger partial charge in [0.15, 0.2) is 6.29 Å². The molecule has 2 aromatic rings. The van der Waals surface area contributed by atoms with E-state index in [9.17, 15) is 4.39 Å². The summed E-state index contributed by atoms with van der Waals surface area (Å²) < 4.78 is 23.9. The molecule has 0 unspecified atom stereocenters. The Balaban J connectivity index is 1.90. The van der Waals surface area contributed by atoms with E-state index in [4.69, 9.17) is 9.47 Å². The summed E-state index contributed by atoms with van der Waals surface area (Å²) in [5, 5.41) is 3.12. The van der Waals surface area contributed by atoms with E-state index in [-0.39, 0.29) is 12.1 Å². The molecule has 126 valence electrons. The van der Waals surface area contributed by atoms with Gasteiger partial charge in [-0.05, 0) is 50.2 Å². The van der Waals surface area contributed by atoms with Crippen molar-refractivity contribution < 1.29 is 13.9 Å². The monoisotopic (exact) mass is 327 g/mol. The molecule has 2 rings (SSSR count). The van der Waals surface area contributed by atoms with Crippen molar-refractivity contribution in [3.8, 4) is 11.8 Å². The van der Waals surface area contributed by atoms with Crippen LogP contribution in [-0.2, 0) is 9.47 Å². The number of rotatable bonds is 7. The van der Waals surface area contributed by atoms with E-state index >= 15 is 0 Å². The largest absolute Gasteiger partial charge is 0.374 e. The van der Waals surface area contributed by atoms with Gasteiger partial charge in [0.1, 0.15) is 5.82 Å². The number of hydrogen-bond donors (Lipinski definition) is 1. The average Bonchev–Trinajstić information content (AvgIpc) is 2.61. The van der Waals surface area contributed by atoms with E-state index in [2.05, 4.69) is 17.2 Å². The molecule has 0 radical (unpaired) electrons. The van der Waals surface area contributed by atoms with E-state index in [0.29, 0.717) is 19.8 Å².